The van der Waals surface area contributed by atoms with E-state index in [9.17, 15) is 0 Å². The number of anilines is 2. The van der Waals surface area contributed by atoms with Gasteiger partial charge in [-0.15, -0.1) is 4.73 Å². The molecule has 0 saturated carbocycles. The third-order valence-electron chi connectivity index (χ3n) is 5.57. The van der Waals surface area contributed by atoms with Crippen LogP contribution in [0.5, 0.6) is 0 Å². The molecule has 0 aliphatic heterocycles. The highest BCUT2D eigenvalue weighted by Crippen LogP contribution is 2.28. The van der Waals surface area contributed by atoms with Crippen molar-refractivity contribution in [2.24, 2.45) is 0 Å². The molecule has 0 bridgehead atoms. The quantitative estimate of drug-likeness (QED) is 0.106. The average Bonchev–Trinajstić information content (AvgIpc) is 3.26. The van der Waals surface area contributed by atoms with Crippen molar-refractivity contribution in [3.8, 4) is 23.0 Å². The smallest absolute Gasteiger partial charge is 0.180 e. The number of nitrogens with zero attached hydrogens (tertiary/aromatic N) is 3. The molecule has 6 nitrogen and oxygen atoms in total. The third-order valence-corrected chi connectivity index (χ3v) is 6.16. The molecule has 0 fully saturated rings. The van der Waals surface area contributed by atoms with Crippen molar-refractivity contribution >= 4 is 34.5 Å². The summed E-state index contributed by atoms with van der Waals surface area (Å²) in [4.78, 5) is 13.3. The maximum atomic E-state index is 5.80. The van der Waals surface area contributed by atoms with Crippen molar-refractivity contribution in [1.29, 1.82) is 0 Å². The van der Waals surface area contributed by atoms with E-state index in [1.54, 1.807) is 6.20 Å². The Bertz CT molecular complexity index is 1530. The molecule has 0 atom stereocenters. The maximum absolute atomic E-state index is 5.80. The van der Waals surface area contributed by atoms with Crippen molar-refractivity contribution in [2.75, 3.05) is 24.7 Å². The SMILES string of the molecule is CN(C)c1ccc(-c2cnc3c(c2)c(C#Cc2ccc(N)cc2)cn3OOSc2ccccc2)cc1. The number of hydrogen-bond donors (Lipinski definition) is 1. The predicted molar refractivity (Wildman–Crippen MR) is 146 cm³/mol. The van der Waals surface area contributed by atoms with Gasteiger partial charge in [0.05, 0.1) is 23.8 Å². The number of hydrogen-bond acceptors (Lipinski definition) is 6. The summed E-state index contributed by atoms with van der Waals surface area (Å²) in [5.74, 6) is 6.45. The van der Waals surface area contributed by atoms with Crippen LogP contribution in [0, 0.1) is 11.8 Å². The number of fused-ring (bicyclic) bond motifs is 1. The van der Waals surface area contributed by atoms with Gasteiger partial charge >= 0.3 is 0 Å². The Morgan fingerprint density at radius 1 is 0.889 bits per heavy atom. The molecule has 5 aromatic rings. The lowest BCUT2D eigenvalue weighted by molar-refractivity contribution is -0.188. The first-order valence-corrected chi connectivity index (χ1v) is 12.0. The molecule has 0 aliphatic rings. The van der Waals surface area contributed by atoms with Crippen LogP contribution in [0.2, 0.25) is 0 Å². The van der Waals surface area contributed by atoms with Gasteiger partial charge in [0.15, 0.2) is 5.65 Å². The molecule has 2 N–H and O–H groups in total. The minimum absolute atomic E-state index is 0.610. The van der Waals surface area contributed by atoms with Gasteiger partial charge in [-0.25, -0.2) is 9.97 Å². The van der Waals surface area contributed by atoms with Crippen molar-refractivity contribution in [3.05, 3.63) is 108 Å². The van der Waals surface area contributed by atoms with E-state index >= 15 is 0 Å². The molecule has 0 saturated heterocycles. The van der Waals surface area contributed by atoms with Crippen LogP contribution in [0.15, 0.2) is 102 Å². The molecule has 2 heterocycles. The second kappa shape index (κ2) is 10.5. The van der Waals surface area contributed by atoms with E-state index in [1.165, 1.54) is 4.73 Å². The lowest BCUT2D eigenvalue weighted by Crippen LogP contribution is -2.08. The lowest BCUT2D eigenvalue weighted by Gasteiger charge is -2.12. The summed E-state index contributed by atoms with van der Waals surface area (Å²) < 4.78 is 6.92. The van der Waals surface area contributed by atoms with Gasteiger partial charge in [0, 0.05) is 53.1 Å². The highest BCUT2D eigenvalue weighted by atomic mass is 32.2. The standard InChI is InChI=1S/C29H24N4O2S/c1-32(2)26-16-12-22(13-17-26)24-18-28-23(11-8-21-9-14-25(30)15-10-21)20-33(29(28)31-19-24)34-35-36-27-6-4-3-5-7-27/h3-7,9-10,12-20H,30H2,1-2H3. The largest absolute Gasteiger partial charge is 0.399 e. The first kappa shape index (κ1) is 23.4. The van der Waals surface area contributed by atoms with Gasteiger partial charge in [-0.3, -0.25) is 0 Å². The third kappa shape index (κ3) is 5.31. The fraction of sp³-hybridized carbons (Fsp3) is 0.0690. The van der Waals surface area contributed by atoms with Crippen molar-refractivity contribution in [3.63, 3.8) is 0 Å². The normalized spacial score (nSPS) is 10.6. The predicted octanol–water partition coefficient (Wildman–Crippen LogP) is 5.82. The van der Waals surface area contributed by atoms with E-state index in [2.05, 4.69) is 52.1 Å². The van der Waals surface area contributed by atoms with Crippen molar-refractivity contribution in [1.82, 2.24) is 9.71 Å². The van der Waals surface area contributed by atoms with Crippen LogP contribution in [-0.4, -0.2) is 23.8 Å². The Labute approximate surface area is 214 Å². The van der Waals surface area contributed by atoms with E-state index in [-0.39, 0.29) is 0 Å². The van der Waals surface area contributed by atoms with E-state index in [1.807, 2.05) is 74.9 Å². The molecular formula is C29H24N4O2S. The zero-order valence-electron chi connectivity index (χ0n) is 19.9. The molecule has 0 radical (unpaired) electrons. The number of nitrogen functional groups attached to an aromatic ring is 1. The molecule has 0 unspecified atom stereocenters. The Hall–Kier alpha value is -4.38. The molecule has 36 heavy (non-hydrogen) atoms. The number of aromatic nitrogens is 2. The van der Waals surface area contributed by atoms with Gasteiger partial charge in [-0.05, 0) is 60.2 Å². The Morgan fingerprint density at radius 2 is 1.64 bits per heavy atom. The van der Waals surface area contributed by atoms with Crippen LogP contribution < -0.4 is 15.6 Å². The van der Waals surface area contributed by atoms with Crippen LogP contribution >= 0.6 is 12.0 Å². The van der Waals surface area contributed by atoms with E-state index in [0.29, 0.717) is 11.3 Å². The first-order chi connectivity index (χ1) is 17.6. The number of pyridine rings is 1. The molecular weight excluding hydrogens is 468 g/mol. The summed E-state index contributed by atoms with van der Waals surface area (Å²) in [6.07, 6.45) is 3.61. The van der Waals surface area contributed by atoms with E-state index < -0.39 is 0 Å². The zero-order valence-corrected chi connectivity index (χ0v) is 20.7. The average molecular weight is 493 g/mol. The fourth-order valence-electron chi connectivity index (χ4n) is 3.61. The lowest BCUT2D eigenvalue weighted by atomic mass is 10.0. The summed E-state index contributed by atoms with van der Waals surface area (Å²) in [5, 5.41) is 0.862. The van der Waals surface area contributed by atoms with Crippen molar-refractivity contribution in [2.45, 2.75) is 4.90 Å². The second-order valence-corrected chi connectivity index (χ2v) is 9.09. The van der Waals surface area contributed by atoms with Crippen LogP contribution in [0.3, 0.4) is 0 Å². The Morgan fingerprint density at radius 3 is 2.36 bits per heavy atom. The Kier molecular flexibility index (Phi) is 6.80. The van der Waals surface area contributed by atoms with Gasteiger partial charge in [0.1, 0.15) is 0 Å². The molecule has 0 aliphatic carbocycles. The fourth-order valence-corrected chi connectivity index (χ4v) is 4.06. The molecule has 0 amide bonds. The van der Waals surface area contributed by atoms with Crippen LogP contribution in [0.4, 0.5) is 11.4 Å². The van der Waals surface area contributed by atoms with E-state index in [4.69, 9.17) is 15.1 Å². The minimum Gasteiger partial charge on any atom is -0.399 e. The first-order valence-electron chi connectivity index (χ1n) is 11.3. The summed E-state index contributed by atoms with van der Waals surface area (Å²) in [6.45, 7) is 0. The zero-order chi connectivity index (χ0) is 24.9. The topological polar surface area (TPSA) is 65.5 Å². The highest BCUT2D eigenvalue weighted by Gasteiger charge is 2.13. The highest BCUT2D eigenvalue weighted by molar-refractivity contribution is 7.94. The van der Waals surface area contributed by atoms with Gasteiger partial charge < -0.3 is 10.6 Å². The second-order valence-electron chi connectivity index (χ2n) is 8.32. The number of nitrogens with two attached hydrogens (primary N) is 1. The summed E-state index contributed by atoms with van der Waals surface area (Å²) in [7, 11) is 4.05. The molecule has 178 valence electrons. The number of rotatable bonds is 6. The summed E-state index contributed by atoms with van der Waals surface area (Å²) in [6, 6.07) is 27.6. The molecule has 5 rings (SSSR count). The van der Waals surface area contributed by atoms with Gasteiger partial charge in [0.2, 0.25) is 0 Å². The van der Waals surface area contributed by atoms with Crippen LogP contribution in [-0.2, 0) is 4.33 Å². The molecule has 3 aromatic carbocycles. The maximum Gasteiger partial charge on any atom is 0.180 e. The van der Waals surface area contributed by atoms with Gasteiger partial charge in [-0.2, -0.15) is 0 Å². The summed E-state index contributed by atoms with van der Waals surface area (Å²) >= 11 is 1.13. The van der Waals surface area contributed by atoms with Gasteiger partial charge in [0.25, 0.3) is 0 Å². The molecule has 7 heteroatoms. The Balaban J connectivity index is 1.49. The van der Waals surface area contributed by atoms with Crippen LogP contribution in [0.1, 0.15) is 11.1 Å². The van der Waals surface area contributed by atoms with Crippen LogP contribution in [0.25, 0.3) is 22.2 Å². The summed E-state index contributed by atoms with van der Waals surface area (Å²) in [5.41, 5.74) is 11.9. The minimum atomic E-state index is 0.610. The van der Waals surface area contributed by atoms with Crippen molar-refractivity contribution < 1.29 is 9.32 Å². The monoisotopic (exact) mass is 492 g/mol. The number of benzene rings is 3. The molecule has 0 spiro atoms. The van der Waals surface area contributed by atoms with E-state index in [0.717, 1.165) is 50.3 Å². The molecule has 2 aromatic heterocycles. The van der Waals surface area contributed by atoms with Gasteiger partial charge in [-0.1, -0.05) is 46.5 Å².